The number of carbonyl (C=O) groups is 2. The molecule has 6 nitrogen and oxygen atoms in total. The molecule has 2 aliphatic heterocycles. The van der Waals surface area contributed by atoms with Crippen LogP contribution in [0.15, 0.2) is 18.2 Å². The second kappa shape index (κ2) is 8.21. The first-order valence-corrected chi connectivity index (χ1v) is 9.11. The lowest BCUT2D eigenvalue weighted by molar-refractivity contribution is -0.146. The molecule has 148 valence electrons. The third kappa shape index (κ3) is 4.37. The van der Waals surface area contributed by atoms with Gasteiger partial charge in [-0.3, -0.25) is 9.59 Å². The van der Waals surface area contributed by atoms with Crippen LogP contribution in [0.4, 0.5) is 8.78 Å². The predicted octanol–water partition coefficient (Wildman–Crippen LogP) is 2.46. The summed E-state index contributed by atoms with van der Waals surface area (Å²) in [6.07, 6.45) is 0.727. The molecule has 0 aromatic heterocycles. The number of nitrogens with zero attached hydrogens (tertiary/aromatic N) is 1. The van der Waals surface area contributed by atoms with Crippen LogP contribution in [0.25, 0.3) is 0 Å². The Kier molecular flexibility index (Phi) is 5.94. The maximum Gasteiger partial charge on any atom is 0.309 e. The fourth-order valence-corrected chi connectivity index (χ4v) is 3.85. The summed E-state index contributed by atoms with van der Waals surface area (Å²) in [5.41, 5.74) is 0. The van der Waals surface area contributed by atoms with Crippen LogP contribution in [0.5, 0.6) is 5.75 Å². The standard InChI is InChI=1S/C19H23F2NO5/c1-11(27-13-2-3-15(20)16(21)10-13)18(23)22-7-4-12(5-8-22)17-14(19(24)25)6-9-26-17/h2-3,10-12,14,17H,4-9H2,1H3,(H,24,25)/t11?,14?,17-/m0/s1. The van der Waals surface area contributed by atoms with E-state index < -0.39 is 29.6 Å². The normalized spacial score (nSPS) is 24.6. The number of piperidine rings is 1. The van der Waals surface area contributed by atoms with Gasteiger partial charge in [-0.15, -0.1) is 0 Å². The van der Waals surface area contributed by atoms with Crippen molar-refractivity contribution >= 4 is 11.9 Å². The van der Waals surface area contributed by atoms with E-state index in [1.54, 1.807) is 11.8 Å². The number of carboxylic acids is 1. The Morgan fingerprint density at radius 3 is 2.56 bits per heavy atom. The van der Waals surface area contributed by atoms with Crippen LogP contribution in [0, 0.1) is 23.5 Å². The van der Waals surface area contributed by atoms with Crippen LogP contribution in [0.1, 0.15) is 26.2 Å². The van der Waals surface area contributed by atoms with Crippen molar-refractivity contribution in [2.75, 3.05) is 19.7 Å². The van der Waals surface area contributed by atoms with Gasteiger partial charge in [0.1, 0.15) is 5.75 Å². The van der Waals surface area contributed by atoms with Gasteiger partial charge in [0.05, 0.1) is 12.0 Å². The number of ether oxygens (including phenoxy) is 2. The quantitative estimate of drug-likeness (QED) is 0.845. The van der Waals surface area contributed by atoms with Crippen LogP contribution < -0.4 is 4.74 Å². The number of carboxylic acid groups (broad SMARTS) is 1. The van der Waals surface area contributed by atoms with Crippen LogP contribution in [-0.2, 0) is 14.3 Å². The van der Waals surface area contributed by atoms with Gasteiger partial charge in [0.2, 0.25) is 0 Å². The third-order valence-electron chi connectivity index (χ3n) is 5.32. The zero-order valence-corrected chi connectivity index (χ0v) is 15.1. The molecule has 1 aromatic rings. The average Bonchev–Trinajstić information content (AvgIpc) is 3.14. The minimum atomic E-state index is -1.03. The van der Waals surface area contributed by atoms with Crippen molar-refractivity contribution in [3.05, 3.63) is 29.8 Å². The van der Waals surface area contributed by atoms with E-state index in [1.807, 2.05) is 0 Å². The van der Waals surface area contributed by atoms with Gasteiger partial charge in [-0.25, -0.2) is 8.78 Å². The minimum absolute atomic E-state index is 0.0910. The highest BCUT2D eigenvalue weighted by atomic mass is 19.2. The highest BCUT2D eigenvalue weighted by Crippen LogP contribution is 2.33. The fourth-order valence-electron chi connectivity index (χ4n) is 3.85. The molecule has 1 aromatic carbocycles. The number of halogens is 2. The molecule has 2 heterocycles. The zero-order chi connectivity index (χ0) is 19.6. The number of benzene rings is 1. The average molecular weight is 383 g/mol. The monoisotopic (exact) mass is 383 g/mol. The van der Waals surface area contributed by atoms with E-state index in [0.717, 1.165) is 12.1 Å². The minimum Gasteiger partial charge on any atom is -0.481 e. The Labute approximate surface area is 156 Å². The fraction of sp³-hybridized carbons (Fsp3) is 0.579. The first-order valence-electron chi connectivity index (χ1n) is 9.11. The predicted molar refractivity (Wildman–Crippen MR) is 91.2 cm³/mol. The number of hydrogen-bond acceptors (Lipinski definition) is 4. The lowest BCUT2D eigenvalue weighted by Crippen LogP contribution is -2.47. The Bertz CT molecular complexity index is 705. The number of amides is 1. The Morgan fingerprint density at radius 1 is 1.22 bits per heavy atom. The molecule has 2 unspecified atom stereocenters. The molecular weight excluding hydrogens is 360 g/mol. The summed E-state index contributed by atoms with van der Waals surface area (Å²) < 4.78 is 37.3. The molecular formula is C19H23F2NO5. The van der Waals surface area contributed by atoms with Crippen LogP contribution in [0.3, 0.4) is 0 Å². The van der Waals surface area contributed by atoms with Crippen molar-refractivity contribution in [1.29, 1.82) is 0 Å². The molecule has 3 atom stereocenters. The molecule has 0 bridgehead atoms. The molecule has 2 saturated heterocycles. The van der Waals surface area contributed by atoms with Gasteiger partial charge in [-0.2, -0.15) is 0 Å². The van der Waals surface area contributed by atoms with Crippen molar-refractivity contribution in [3.8, 4) is 5.75 Å². The molecule has 0 radical (unpaired) electrons. The molecule has 8 heteroatoms. The van der Waals surface area contributed by atoms with E-state index in [-0.39, 0.29) is 23.7 Å². The maximum atomic E-state index is 13.3. The van der Waals surface area contributed by atoms with Gasteiger partial charge in [-0.1, -0.05) is 0 Å². The lowest BCUT2D eigenvalue weighted by Gasteiger charge is -2.36. The van der Waals surface area contributed by atoms with E-state index in [4.69, 9.17) is 9.47 Å². The Morgan fingerprint density at radius 2 is 1.93 bits per heavy atom. The van der Waals surface area contributed by atoms with Gasteiger partial charge in [0.15, 0.2) is 17.7 Å². The summed E-state index contributed by atoms with van der Waals surface area (Å²) in [5, 5.41) is 9.29. The molecule has 0 aliphatic carbocycles. The summed E-state index contributed by atoms with van der Waals surface area (Å²) in [6, 6.07) is 3.14. The summed E-state index contributed by atoms with van der Waals surface area (Å²) in [6.45, 7) is 3.00. The van der Waals surface area contributed by atoms with Crippen LogP contribution in [0.2, 0.25) is 0 Å². The Hall–Kier alpha value is -2.22. The number of rotatable bonds is 5. The molecule has 1 N–H and O–H groups in total. The van der Waals surface area contributed by atoms with Gasteiger partial charge < -0.3 is 19.5 Å². The smallest absolute Gasteiger partial charge is 0.309 e. The number of aliphatic carboxylic acids is 1. The number of hydrogen-bond donors (Lipinski definition) is 1. The van der Waals surface area contributed by atoms with E-state index in [1.165, 1.54) is 6.07 Å². The largest absolute Gasteiger partial charge is 0.481 e. The van der Waals surface area contributed by atoms with Crippen LogP contribution >= 0.6 is 0 Å². The second-order valence-corrected chi connectivity index (χ2v) is 7.07. The van der Waals surface area contributed by atoms with E-state index >= 15 is 0 Å². The van der Waals surface area contributed by atoms with E-state index in [0.29, 0.717) is 39.0 Å². The first-order chi connectivity index (χ1) is 12.9. The molecule has 0 spiro atoms. The van der Waals surface area contributed by atoms with Crippen molar-refractivity contribution in [2.45, 2.75) is 38.4 Å². The Balaban J connectivity index is 1.53. The zero-order valence-electron chi connectivity index (χ0n) is 15.1. The van der Waals surface area contributed by atoms with Gasteiger partial charge in [-0.05, 0) is 44.2 Å². The van der Waals surface area contributed by atoms with E-state index in [9.17, 15) is 23.5 Å². The molecule has 2 fully saturated rings. The molecule has 2 aliphatic rings. The highest BCUT2D eigenvalue weighted by Gasteiger charge is 2.41. The summed E-state index contributed by atoms with van der Waals surface area (Å²) in [5.74, 6) is -3.35. The number of likely N-dealkylation sites (tertiary alicyclic amines) is 1. The summed E-state index contributed by atoms with van der Waals surface area (Å²) in [7, 11) is 0. The van der Waals surface area contributed by atoms with Crippen LogP contribution in [-0.4, -0.2) is 53.8 Å². The topological polar surface area (TPSA) is 76.1 Å². The second-order valence-electron chi connectivity index (χ2n) is 7.07. The summed E-state index contributed by atoms with van der Waals surface area (Å²) in [4.78, 5) is 25.5. The SMILES string of the molecule is CC(Oc1ccc(F)c(F)c1)C(=O)N1CCC([C@@H]2OCCC2C(=O)O)CC1. The van der Waals surface area contributed by atoms with Gasteiger partial charge in [0.25, 0.3) is 5.91 Å². The van der Waals surface area contributed by atoms with E-state index in [2.05, 4.69) is 0 Å². The highest BCUT2D eigenvalue weighted by molar-refractivity contribution is 5.81. The summed E-state index contributed by atoms with van der Waals surface area (Å²) >= 11 is 0. The third-order valence-corrected chi connectivity index (χ3v) is 5.32. The molecule has 3 rings (SSSR count). The molecule has 0 saturated carbocycles. The number of carbonyl (C=O) groups excluding carboxylic acids is 1. The maximum absolute atomic E-state index is 13.3. The van der Waals surface area contributed by atoms with Crippen molar-refractivity contribution in [2.24, 2.45) is 11.8 Å². The van der Waals surface area contributed by atoms with Crippen molar-refractivity contribution < 1.29 is 33.0 Å². The van der Waals surface area contributed by atoms with Gasteiger partial charge >= 0.3 is 5.97 Å². The van der Waals surface area contributed by atoms with Crippen molar-refractivity contribution in [3.63, 3.8) is 0 Å². The molecule has 1 amide bonds. The van der Waals surface area contributed by atoms with Gasteiger partial charge in [0, 0.05) is 25.8 Å². The lowest BCUT2D eigenvalue weighted by atomic mass is 9.84. The van der Waals surface area contributed by atoms with Crippen molar-refractivity contribution in [1.82, 2.24) is 4.90 Å². The molecule has 27 heavy (non-hydrogen) atoms. The first kappa shape index (κ1) is 19.5.